The van der Waals surface area contributed by atoms with Gasteiger partial charge in [0.05, 0.1) is 17.6 Å². The van der Waals surface area contributed by atoms with Crippen LogP contribution in [0.3, 0.4) is 0 Å². The standard InChI is InChI=1S/C23H36N2O2S/c1-18-6-7-19(28-18)23(24(2)3)12-10-21(11-13-23)14-15-25(16-21)20(26)22(17-27-4)8-5-9-22/h6-7H,5,8-17H2,1-4H3. The molecule has 1 aromatic heterocycles. The maximum Gasteiger partial charge on any atom is 0.231 e. The third-order valence-electron chi connectivity index (χ3n) is 8.10. The van der Waals surface area contributed by atoms with Crippen LogP contribution in [-0.2, 0) is 15.1 Å². The summed E-state index contributed by atoms with van der Waals surface area (Å²) in [5, 5.41) is 0. The molecule has 2 aliphatic carbocycles. The molecule has 0 radical (unpaired) electrons. The van der Waals surface area contributed by atoms with E-state index < -0.39 is 0 Å². The van der Waals surface area contributed by atoms with Crippen molar-refractivity contribution < 1.29 is 9.53 Å². The third kappa shape index (κ3) is 3.23. The van der Waals surface area contributed by atoms with E-state index in [0.717, 1.165) is 25.9 Å². The van der Waals surface area contributed by atoms with Gasteiger partial charge >= 0.3 is 0 Å². The molecule has 0 aromatic carbocycles. The molecular weight excluding hydrogens is 368 g/mol. The minimum atomic E-state index is -0.211. The Morgan fingerprint density at radius 1 is 1.14 bits per heavy atom. The van der Waals surface area contributed by atoms with E-state index in [-0.39, 0.29) is 11.0 Å². The maximum atomic E-state index is 13.3. The summed E-state index contributed by atoms with van der Waals surface area (Å²) in [6.45, 7) is 4.71. The van der Waals surface area contributed by atoms with Gasteiger partial charge in [-0.1, -0.05) is 6.42 Å². The van der Waals surface area contributed by atoms with Crippen molar-refractivity contribution in [1.29, 1.82) is 0 Å². The van der Waals surface area contributed by atoms with Crippen molar-refractivity contribution in [3.63, 3.8) is 0 Å². The molecule has 2 saturated carbocycles. The number of nitrogens with zero attached hydrogens (tertiary/aromatic N) is 2. The Morgan fingerprint density at radius 3 is 2.36 bits per heavy atom. The maximum absolute atomic E-state index is 13.3. The first-order valence-electron chi connectivity index (χ1n) is 10.9. The van der Waals surface area contributed by atoms with Gasteiger partial charge in [-0.15, -0.1) is 11.3 Å². The van der Waals surface area contributed by atoms with E-state index in [0.29, 0.717) is 17.9 Å². The number of aryl methyl sites for hydroxylation is 1. The second kappa shape index (κ2) is 7.41. The van der Waals surface area contributed by atoms with Crippen LogP contribution in [0.5, 0.6) is 0 Å². The molecular formula is C23H36N2O2S. The lowest BCUT2D eigenvalue weighted by atomic mass is 9.65. The summed E-state index contributed by atoms with van der Waals surface area (Å²) in [7, 11) is 6.21. The number of ether oxygens (including phenoxy) is 1. The average Bonchev–Trinajstić information content (AvgIpc) is 3.26. The van der Waals surface area contributed by atoms with Crippen LogP contribution in [-0.4, -0.2) is 56.6 Å². The number of likely N-dealkylation sites (tertiary alicyclic amines) is 1. The van der Waals surface area contributed by atoms with Gasteiger partial charge in [0.2, 0.25) is 5.91 Å². The number of rotatable bonds is 5. The summed E-state index contributed by atoms with van der Waals surface area (Å²) in [5.41, 5.74) is 0.295. The highest BCUT2D eigenvalue weighted by Gasteiger charge is 2.52. The van der Waals surface area contributed by atoms with E-state index in [1.807, 2.05) is 11.3 Å². The van der Waals surface area contributed by atoms with Crippen LogP contribution in [0, 0.1) is 17.8 Å². The van der Waals surface area contributed by atoms with Gasteiger partial charge in [0.25, 0.3) is 0 Å². The SMILES string of the molecule is COCC1(C(=O)N2CCC3(CCC(c4ccc(C)s4)(N(C)C)CC3)C2)CCC1. The van der Waals surface area contributed by atoms with E-state index in [9.17, 15) is 4.79 Å². The Bertz CT molecular complexity index is 714. The molecule has 1 amide bonds. The van der Waals surface area contributed by atoms with Gasteiger partial charge in [-0.25, -0.2) is 0 Å². The van der Waals surface area contributed by atoms with Crippen molar-refractivity contribution in [2.45, 2.75) is 63.8 Å². The number of carbonyl (C=O) groups excluding carboxylic acids is 1. The number of thiophene rings is 1. The molecule has 1 spiro atoms. The third-order valence-corrected chi connectivity index (χ3v) is 9.30. The molecule has 0 unspecified atom stereocenters. The predicted octanol–water partition coefficient (Wildman–Crippen LogP) is 4.42. The predicted molar refractivity (Wildman–Crippen MR) is 115 cm³/mol. The molecule has 1 aliphatic heterocycles. The molecule has 0 bridgehead atoms. The molecule has 4 rings (SSSR count). The lowest BCUT2D eigenvalue weighted by Crippen LogP contribution is -2.51. The summed E-state index contributed by atoms with van der Waals surface area (Å²) < 4.78 is 5.42. The van der Waals surface area contributed by atoms with Crippen LogP contribution in [0.2, 0.25) is 0 Å². The Morgan fingerprint density at radius 2 is 1.86 bits per heavy atom. The van der Waals surface area contributed by atoms with Crippen LogP contribution in [0.25, 0.3) is 0 Å². The zero-order chi connectivity index (χ0) is 20.0. The van der Waals surface area contributed by atoms with Gasteiger partial charge in [-0.05, 0) is 83.5 Å². The molecule has 1 aromatic rings. The van der Waals surface area contributed by atoms with Crippen LogP contribution >= 0.6 is 11.3 Å². The summed E-state index contributed by atoms with van der Waals surface area (Å²) in [6, 6.07) is 4.60. The monoisotopic (exact) mass is 404 g/mol. The molecule has 156 valence electrons. The Labute approximate surface area is 174 Å². The lowest BCUT2D eigenvalue weighted by molar-refractivity contribution is -0.151. The first-order chi connectivity index (χ1) is 13.3. The number of carbonyl (C=O) groups is 1. The highest BCUT2D eigenvalue weighted by molar-refractivity contribution is 7.12. The van der Waals surface area contributed by atoms with Gasteiger partial charge in [-0.3, -0.25) is 9.69 Å². The van der Waals surface area contributed by atoms with E-state index in [2.05, 4.69) is 43.0 Å². The van der Waals surface area contributed by atoms with E-state index in [1.165, 1.54) is 48.3 Å². The summed E-state index contributed by atoms with van der Waals surface area (Å²) in [5.74, 6) is 0.371. The smallest absolute Gasteiger partial charge is 0.231 e. The molecule has 0 N–H and O–H groups in total. The molecule has 4 nitrogen and oxygen atoms in total. The van der Waals surface area contributed by atoms with Crippen molar-refractivity contribution in [3.8, 4) is 0 Å². The molecule has 5 heteroatoms. The fourth-order valence-electron chi connectivity index (χ4n) is 5.94. The second-order valence-corrected chi connectivity index (χ2v) is 11.2. The van der Waals surface area contributed by atoms with Crippen molar-refractivity contribution in [2.75, 3.05) is 40.9 Å². The van der Waals surface area contributed by atoms with Gasteiger partial charge in [0.1, 0.15) is 0 Å². The highest BCUT2D eigenvalue weighted by atomic mass is 32.1. The van der Waals surface area contributed by atoms with Gasteiger partial charge < -0.3 is 9.64 Å². The normalized spacial score (nSPS) is 32.1. The van der Waals surface area contributed by atoms with Crippen molar-refractivity contribution >= 4 is 17.2 Å². The van der Waals surface area contributed by atoms with Crippen molar-refractivity contribution in [3.05, 3.63) is 21.9 Å². The van der Waals surface area contributed by atoms with Gasteiger partial charge in [-0.2, -0.15) is 0 Å². The van der Waals surface area contributed by atoms with E-state index in [4.69, 9.17) is 4.74 Å². The van der Waals surface area contributed by atoms with Crippen LogP contribution in [0.1, 0.15) is 61.1 Å². The Kier molecular flexibility index (Phi) is 5.39. The minimum Gasteiger partial charge on any atom is -0.384 e. The fourth-order valence-corrected chi connectivity index (χ4v) is 7.14. The first-order valence-corrected chi connectivity index (χ1v) is 11.7. The van der Waals surface area contributed by atoms with Crippen molar-refractivity contribution in [1.82, 2.24) is 9.80 Å². The molecule has 28 heavy (non-hydrogen) atoms. The zero-order valence-corrected chi connectivity index (χ0v) is 18.9. The van der Waals surface area contributed by atoms with Crippen LogP contribution in [0.15, 0.2) is 12.1 Å². The average molecular weight is 405 g/mol. The number of amides is 1. The molecule has 3 fully saturated rings. The Hall–Kier alpha value is -0.910. The Balaban J connectivity index is 1.45. The zero-order valence-electron chi connectivity index (χ0n) is 18.1. The second-order valence-electron chi connectivity index (χ2n) is 9.88. The largest absolute Gasteiger partial charge is 0.384 e. The van der Waals surface area contributed by atoms with Crippen LogP contribution in [0.4, 0.5) is 0 Å². The topological polar surface area (TPSA) is 32.8 Å². The molecule has 1 saturated heterocycles. The van der Waals surface area contributed by atoms with Crippen molar-refractivity contribution in [2.24, 2.45) is 10.8 Å². The van der Waals surface area contributed by atoms with Gasteiger partial charge in [0.15, 0.2) is 0 Å². The summed E-state index contributed by atoms with van der Waals surface area (Å²) in [4.78, 5) is 20.8. The lowest BCUT2D eigenvalue weighted by Gasteiger charge is -2.48. The number of hydrogen-bond donors (Lipinski definition) is 0. The van der Waals surface area contributed by atoms with E-state index >= 15 is 0 Å². The molecule has 3 aliphatic rings. The number of hydrogen-bond acceptors (Lipinski definition) is 4. The van der Waals surface area contributed by atoms with E-state index in [1.54, 1.807) is 7.11 Å². The quantitative estimate of drug-likeness (QED) is 0.728. The highest BCUT2D eigenvalue weighted by Crippen LogP contribution is 2.54. The minimum absolute atomic E-state index is 0.173. The summed E-state index contributed by atoms with van der Waals surface area (Å²) in [6.07, 6.45) is 9.20. The fraction of sp³-hybridized carbons (Fsp3) is 0.783. The van der Waals surface area contributed by atoms with Crippen LogP contribution < -0.4 is 0 Å². The first kappa shape index (κ1) is 20.4. The molecule has 2 heterocycles. The summed E-state index contributed by atoms with van der Waals surface area (Å²) >= 11 is 1.96. The van der Waals surface area contributed by atoms with Gasteiger partial charge in [0, 0.05) is 30.0 Å². The number of methoxy groups -OCH3 is 1. The molecule has 0 atom stereocenters.